The first-order valence-electron chi connectivity index (χ1n) is 15.0. The van der Waals surface area contributed by atoms with E-state index < -0.39 is 11.8 Å². The molecule has 1 unspecified atom stereocenters. The summed E-state index contributed by atoms with van der Waals surface area (Å²) in [6.45, 7) is 6.69. The highest BCUT2D eigenvalue weighted by atomic mass is 16.6. The van der Waals surface area contributed by atoms with Crippen LogP contribution in [0, 0.1) is 0 Å². The number of nitrogens with one attached hydrogen (secondary N) is 1. The number of likely N-dealkylation sites (tertiary alicyclic amines) is 1. The fraction of sp³-hybridized carbons (Fsp3) is 0.455. The van der Waals surface area contributed by atoms with E-state index in [-0.39, 0.29) is 24.1 Å². The predicted molar refractivity (Wildman–Crippen MR) is 166 cm³/mol. The molecule has 1 saturated heterocycles. The number of piperidine rings is 1. The number of benzene rings is 2. The van der Waals surface area contributed by atoms with Crippen molar-refractivity contribution in [3.63, 3.8) is 0 Å². The summed E-state index contributed by atoms with van der Waals surface area (Å²) >= 11 is 0. The van der Waals surface area contributed by atoms with Crippen LogP contribution in [0.1, 0.15) is 68.6 Å². The quantitative estimate of drug-likeness (QED) is 0.315. The molecule has 2 N–H and O–H groups in total. The van der Waals surface area contributed by atoms with Crippen LogP contribution in [-0.2, 0) is 4.74 Å². The number of ether oxygens (including phenoxy) is 3. The van der Waals surface area contributed by atoms with Gasteiger partial charge in [0.15, 0.2) is 12.1 Å². The van der Waals surface area contributed by atoms with E-state index in [9.17, 15) is 14.7 Å². The third-order valence-electron chi connectivity index (χ3n) is 7.77. The van der Waals surface area contributed by atoms with Crippen molar-refractivity contribution in [2.24, 2.45) is 0 Å². The molecule has 1 aromatic heterocycles. The molecule has 2 fully saturated rings. The van der Waals surface area contributed by atoms with E-state index in [2.05, 4.69) is 15.3 Å². The van der Waals surface area contributed by atoms with Crippen LogP contribution < -0.4 is 14.8 Å². The van der Waals surface area contributed by atoms with Gasteiger partial charge < -0.3 is 34.4 Å². The van der Waals surface area contributed by atoms with E-state index in [1.54, 1.807) is 61.8 Å². The zero-order valence-corrected chi connectivity index (χ0v) is 25.9. The van der Waals surface area contributed by atoms with Gasteiger partial charge in [-0.05, 0) is 58.6 Å². The first-order chi connectivity index (χ1) is 21.1. The van der Waals surface area contributed by atoms with Gasteiger partial charge in [0.1, 0.15) is 17.1 Å². The van der Waals surface area contributed by atoms with Crippen molar-refractivity contribution in [1.29, 1.82) is 0 Å². The fourth-order valence-electron chi connectivity index (χ4n) is 5.34. The number of anilines is 1. The minimum absolute atomic E-state index is 0.0545. The van der Waals surface area contributed by atoms with Gasteiger partial charge >= 0.3 is 6.09 Å². The number of rotatable bonds is 9. The molecule has 1 aliphatic carbocycles. The second-order valence-corrected chi connectivity index (χ2v) is 12.2. The minimum atomic E-state index is -0.975. The van der Waals surface area contributed by atoms with Crippen LogP contribution in [0.25, 0.3) is 11.4 Å². The highest BCUT2D eigenvalue weighted by Crippen LogP contribution is 2.34. The zero-order valence-electron chi connectivity index (χ0n) is 25.9. The molecule has 11 heteroatoms. The second kappa shape index (κ2) is 13.1. The SMILES string of the molecule is COc1ccc(NC(O)c2ccc(-c3ncc(C(=O)N(C4CC4)C4CCN(C(=O)OC(C)(C)C)CC4)cn3)cc2)c(OC)c1. The molecule has 1 aliphatic heterocycles. The number of methoxy groups -OCH3 is 2. The molecule has 0 radical (unpaired) electrons. The average molecular weight is 604 g/mol. The lowest BCUT2D eigenvalue weighted by Gasteiger charge is -2.39. The van der Waals surface area contributed by atoms with E-state index in [4.69, 9.17) is 14.2 Å². The number of hydrogen-bond acceptors (Lipinski definition) is 9. The smallest absolute Gasteiger partial charge is 0.410 e. The molecule has 1 atom stereocenters. The Balaban J connectivity index is 1.21. The molecule has 1 saturated carbocycles. The van der Waals surface area contributed by atoms with E-state index >= 15 is 0 Å². The Bertz CT molecular complexity index is 1440. The maximum atomic E-state index is 13.6. The van der Waals surface area contributed by atoms with Crippen LogP contribution in [0.3, 0.4) is 0 Å². The number of nitrogens with zero attached hydrogens (tertiary/aromatic N) is 4. The molecule has 2 amide bonds. The summed E-state index contributed by atoms with van der Waals surface area (Å²) in [6, 6.07) is 12.8. The number of amides is 2. The van der Waals surface area contributed by atoms with Gasteiger partial charge in [0.25, 0.3) is 5.91 Å². The Hall–Kier alpha value is -4.38. The van der Waals surface area contributed by atoms with Gasteiger partial charge in [-0.2, -0.15) is 0 Å². The van der Waals surface area contributed by atoms with Gasteiger partial charge in [0.2, 0.25) is 0 Å². The molecule has 3 aromatic rings. The number of aromatic nitrogens is 2. The highest BCUT2D eigenvalue weighted by molar-refractivity contribution is 5.94. The van der Waals surface area contributed by atoms with Gasteiger partial charge in [-0.1, -0.05) is 24.3 Å². The maximum absolute atomic E-state index is 13.6. The van der Waals surface area contributed by atoms with E-state index in [0.717, 1.165) is 18.4 Å². The predicted octanol–water partition coefficient (Wildman–Crippen LogP) is 5.27. The summed E-state index contributed by atoms with van der Waals surface area (Å²) in [5, 5.41) is 13.8. The largest absolute Gasteiger partial charge is 0.497 e. The first kappa shape index (κ1) is 31.1. The lowest BCUT2D eigenvalue weighted by molar-refractivity contribution is 0.0142. The molecule has 2 heterocycles. The van der Waals surface area contributed by atoms with Gasteiger partial charge in [0.05, 0.1) is 25.5 Å². The van der Waals surface area contributed by atoms with Crippen molar-refractivity contribution in [3.8, 4) is 22.9 Å². The number of hydrogen-bond donors (Lipinski definition) is 2. The maximum Gasteiger partial charge on any atom is 0.410 e. The third kappa shape index (κ3) is 7.39. The lowest BCUT2D eigenvalue weighted by atomic mass is 10.0. The van der Waals surface area contributed by atoms with Crippen molar-refractivity contribution >= 4 is 17.7 Å². The standard InChI is InChI=1S/C33H41N5O6/c1-33(2,3)44-32(41)37-16-14-25(15-17-37)38(24-10-11-24)31(40)23-19-34-29(35-20-23)21-6-8-22(9-7-21)30(39)36-27-13-12-26(42-4)18-28(27)43-5/h6-9,12-13,18-20,24-25,30,36,39H,10-11,14-17H2,1-5H3. The molecule has 0 bridgehead atoms. The molecule has 234 valence electrons. The number of carbonyl (C=O) groups is 2. The molecule has 0 spiro atoms. The third-order valence-corrected chi connectivity index (χ3v) is 7.77. The van der Waals surface area contributed by atoms with Crippen molar-refractivity contribution in [2.75, 3.05) is 32.6 Å². The van der Waals surface area contributed by atoms with Gasteiger partial charge in [-0.25, -0.2) is 14.8 Å². The summed E-state index contributed by atoms with van der Waals surface area (Å²) in [4.78, 5) is 38.8. The second-order valence-electron chi connectivity index (χ2n) is 12.2. The van der Waals surface area contributed by atoms with E-state index in [0.29, 0.717) is 60.1 Å². The van der Waals surface area contributed by atoms with Crippen LogP contribution in [-0.4, -0.2) is 81.9 Å². The van der Waals surface area contributed by atoms with Crippen molar-refractivity contribution < 1.29 is 28.9 Å². The van der Waals surface area contributed by atoms with Crippen LogP contribution in [0.5, 0.6) is 11.5 Å². The Morgan fingerprint density at radius 2 is 1.59 bits per heavy atom. The van der Waals surface area contributed by atoms with Gasteiger partial charge in [-0.3, -0.25) is 4.79 Å². The van der Waals surface area contributed by atoms with Crippen molar-refractivity contribution in [2.45, 2.75) is 70.4 Å². The van der Waals surface area contributed by atoms with Crippen LogP contribution in [0.4, 0.5) is 10.5 Å². The Labute approximate surface area is 258 Å². The summed E-state index contributed by atoms with van der Waals surface area (Å²) in [6.07, 6.45) is 5.26. The molecule has 5 rings (SSSR count). The number of aliphatic hydroxyl groups excluding tert-OH is 1. The van der Waals surface area contributed by atoms with Crippen molar-refractivity contribution in [1.82, 2.24) is 19.8 Å². The highest BCUT2D eigenvalue weighted by Gasteiger charge is 2.40. The Morgan fingerprint density at radius 1 is 0.955 bits per heavy atom. The van der Waals surface area contributed by atoms with E-state index in [1.165, 1.54) is 0 Å². The molecule has 2 aromatic carbocycles. The monoisotopic (exact) mass is 603 g/mol. The topological polar surface area (TPSA) is 126 Å². The Morgan fingerprint density at radius 3 is 2.16 bits per heavy atom. The number of aliphatic hydroxyl groups is 1. The normalized spacial score (nSPS) is 16.2. The zero-order chi connectivity index (χ0) is 31.4. The van der Waals surface area contributed by atoms with Crippen LogP contribution in [0.15, 0.2) is 54.9 Å². The first-order valence-corrected chi connectivity index (χ1v) is 15.0. The molecular weight excluding hydrogens is 562 g/mol. The average Bonchev–Trinajstić information content (AvgIpc) is 3.86. The van der Waals surface area contributed by atoms with Crippen molar-refractivity contribution in [3.05, 3.63) is 66.0 Å². The number of carbonyl (C=O) groups excluding carboxylic acids is 2. The van der Waals surface area contributed by atoms with Crippen LogP contribution in [0.2, 0.25) is 0 Å². The summed E-state index contributed by atoms with van der Waals surface area (Å²) < 4.78 is 16.2. The summed E-state index contributed by atoms with van der Waals surface area (Å²) in [5.41, 5.74) is 1.94. The van der Waals surface area contributed by atoms with Gasteiger partial charge in [0, 0.05) is 54.8 Å². The fourth-order valence-corrected chi connectivity index (χ4v) is 5.34. The lowest BCUT2D eigenvalue weighted by Crippen LogP contribution is -2.50. The molecule has 2 aliphatic rings. The summed E-state index contributed by atoms with van der Waals surface area (Å²) in [7, 11) is 3.14. The van der Waals surface area contributed by atoms with Gasteiger partial charge in [-0.15, -0.1) is 0 Å². The Kier molecular flexibility index (Phi) is 9.24. The minimum Gasteiger partial charge on any atom is -0.497 e. The molecular formula is C33H41N5O6. The molecule has 44 heavy (non-hydrogen) atoms. The van der Waals surface area contributed by atoms with E-state index in [1.807, 2.05) is 37.8 Å². The summed E-state index contributed by atoms with van der Waals surface area (Å²) in [5.74, 6) is 1.61. The molecule has 11 nitrogen and oxygen atoms in total. The van der Waals surface area contributed by atoms with Crippen LogP contribution >= 0.6 is 0 Å².